The zero-order valence-corrected chi connectivity index (χ0v) is 77.0. The van der Waals surface area contributed by atoms with Crippen LogP contribution in [-0.2, 0) is 73.8 Å². The van der Waals surface area contributed by atoms with Crippen molar-refractivity contribution in [3.05, 3.63) is 294 Å². The molecular formula is C103H103F6N11O16. The molecule has 0 radical (unpaired) electrons. The molecule has 4 aliphatic heterocycles. The molecule has 16 rings (SSSR count). The summed E-state index contributed by atoms with van der Waals surface area (Å²) in [6.45, 7) is 14.0. The van der Waals surface area contributed by atoms with Crippen LogP contribution in [0.5, 0.6) is 23.0 Å². The summed E-state index contributed by atoms with van der Waals surface area (Å²) < 4.78 is 125. The van der Waals surface area contributed by atoms with Gasteiger partial charge in [-0.1, -0.05) is 103 Å². The SMILES string of the molecule is CCOC(=O)c1c(C=O)nc(-c2c(F)cccc2F)nc1Cc1ccc(C2CCCN(C(=O)OC(C)(C)C)C2=O)cc1.COc1ccc(CC2Cc3nc(-c4c(F)cccc4F)nc(Cc4ccc(C5CCCN(C(=O)OC(C)(C)C)C5=O)cc4)c3C2=O)c(OC)c1.COc1ccc(CN)c(OC)c1.O=C1NCc2nc(-c3c(F)cccc3F)nc(Cc3ccc(C4CCCNC4=O)cc3)c21. The second kappa shape index (κ2) is 43.6. The Morgan fingerprint density at radius 1 is 0.478 bits per heavy atom. The Morgan fingerprint density at radius 3 is 1.32 bits per heavy atom. The molecule has 4 atom stereocenters. The molecule has 1 aliphatic carbocycles. The molecule has 136 heavy (non-hydrogen) atoms. The van der Waals surface area contributed by atoms with Gasteiger partial charge in [0.2, 0.25) is 17.7 Å². The van der Waals surface area contributed by atoms with E-state index >= 15 is 0 Å². The number of carbonyl (C=O) groups is 9. The van der Waals surface area contributed by atoms with Crippen LogP contribution in [0.3, 0.4) is 0 Å². The van der Waals surface area contributed by atoms with E-state index in [4.69, 9.17) is 38.9 Å². The van der Waals surface area contributed by atoms with Crippen LogP contribution in [0.25, 0.3) is 34.2 Å². The van der Waals surface area contributed by atoms with Gasteiger partial charge in [0.15, 0.2) is 29.5 Å². The molecule has 0 bridgehead atoms. The van der Waals surface area contributed by atoms with Crippen LogP contribution in [0.15, 0.2) is 164 Å². The van der Waals surface area contributed by atoms with Gasteiger partial charge in [-0.25, -0.2) is 80.4 Å². The van der Waals surface area contributed by atoms with Crippen LogP contribution in [-0.4, -0.2) is 159 Å². The highest BCUT2D eigenvalue weighted by Crippen LogP contribution is 2.40. The summed E-state index contributed by atoms with van der Waals surface area (Å²) in [6, 6.07) is 43.3. The number of nitrogens with one attached hydrogen (secondary N) is 2. The molecule has 0 spiro atoms. The lowest BCUT2D eigenvalue weighted by atomic mass is 9.89. The van der Waals surface area contributed by atoms with Crippen molar-refractivity contribution >= 4 is 53.9 Å². The van der Waals surface area contributed by atoms with Gasteiger partial charge in [0, 0.05) is 75.5 Å². The van der Waals surface area contributed by atoms with E-state index in [1.54, 1.807) is 113 Å². The number of esters is 1. The molecule has 0 saturated carbocycles. The number of aromatic nitrogens is 6. The fourth-order valence-electron chi connectivity index (χ4n) is 16.7. The summed E-state index contributed by atoms with van der Waals surface area (Å²) in [5.41, 5.74) is 11.1. The van der Waals surface area contributed by atoms with Gasteiger partial charge < -0.3 is 49.5 Å². The van der Waals surface area contributed by atoms with Crippen LogP contribution in [0, 0.1) is 40.8 Å². The van der Waals surface area contributed by atoms with Gasteiger partial charge in [-0.2, -0.15) is 0 Å². The third-order valence-corrected chi connectivity index (χ3v) is 23.3. The first-order valence-corrected chi connectivity index (χ1v) is 44.4. The molecule has 33 heteroatoms. The Labute approximate surface area is 781 Å². The van der Waals surface area contributed by atoms with Gasteiger partial charge in [-0.3, -0.25) is 28.8 Å². The van der Waals surface area contributed by atoms with Gasteiger partial charge in [-0.05, 0) is 181 Å². The fraction of sp³-hybridized carbons (Fsp3) is 0.330. The number of likely N-dealkylation sites (tertiary alicyclic amines) is 2. The van der Waals surface area contributed by atoms with Crippen LogP contribution in [0.4, 0.5) is 35.9 Å². The van der Waals surface area contributed by atoms with E-state index < -0.39 is 87.6 Å². The van der Waals surface area contributed by atoms with Crippen molar-refractivity contribution < 1.29 is 103 Å². The lowest BCUT2D eigenvalue weighted by Gasteiger charge is -2.32. The number of Topliss-reactive ketones (excluding diaryl/α,β-unsaturated/α-hetero) is 1. The average molecular weight is 1870 g/mol. The number of fused-ring (bicyclic) bond motifs is 2. The normalized spacial score (nSPS) is 16.1. The summed E-state index contributed by atoms with van der Waals surface area (Å²) in [4.78, 5) is 143. The van der Waals surface area contributed by atoms with E-state index in [1.807, 2.05) is 72.8 Å². The van der Waals surface area contributed by atoms with Crippen molar-refractivity contribution in [2.45, 2.75) is 161 Å². The Balaban J connectivity index is 0.000000165. The predicted octanol–water partition coefficient (Wildman–Crippen LogP) is 17.3. The number of imide groups is 2. The number of nitrogens with two attached hydrogens (primary N) is 1. The van der Waals surface area contributed by atoms with Crippen molar-refractivity contribution in [3.8, 4) is 57.2 Å². The zero-order valence-electron chi connectivity index (χ0n) is 77.0. The van der Waals surface area contributed by atoms with Crippen molar-refractivity contribution in [1.29, 1.82) is 0 Å². The van der Waals surface area contributed by atoms with E-state index in [0.717, 1.165) is 99.0 Å². The molecule has 11 aromatic rings. The Hall–Kier alpha value is -14.6. The molecule has 3 aromatic heterocycles. The zero-order chi connectivity index (χ0) is 97.6. The maximum Gasteiger partial charge on any atom is 0.417 e. The monoisotopic (exact) mass is 1860 g/mol. The minimum atomic E-state index is -0.927. The van der Waals surface area contributed by atoms with Gasteiger partial charge >= 0.3 is 18.2 Å². The van der Waals surface area contributed by atoms with Crippen molar-refractivity contribution in [2.24, 2.45) is 11.7 Å². The summed E-state index contributed by atoms with van der Waals surface area (Å²) in [5, 5.41) is 5.59. The van der Waals surface area contributed by atoms with Gasteiger partial charge in [-0.15, -0.1) is 0 Å². The lowest BCUT2D eigenvalue weighted by molar-refractivity contribution is -0.135. The van der Waals surface area contributed by atoms with Crippen molar-refractivity contribution in [2.75, 3.05) is 54.7 Å². The van der Waals surface area contributed by atoms with E-state index in [9.17, 15) is 69.5 Å². The number of nitrogens with zero attached hydrogens (tertiary/aromatic N) is 8. The molecule has 27 nitrogen and oxygen atoms in total. The van der Waals surface area contributed by atoms with Gasteiger partial charge in [0.25, 0.3) is 5.91 Å². The number of ether oxygens (including phenoxy) is 7. The van der Waals surface area contributed by atoms with Crippen LogP contribution >= 0.6 is 0 Å². The molecule has 708 valence electrons. The summed E-state index contributed by atoms with van der Waals surface area (Å²) in [6.07, 6.45) is 4.20. The maximum absolute atomic E-state index is 15.0. The number of methoxy groups -OCH3 is 4. The minimum Gasteiger partial charge on any atom is -0.497 e. The van der Waals surface area contributed by atoms with Gasteiger partial charge in [0.05, 0.1) is 116 Å². The highest BCUT2D eigenvalue weighted by molar-refractivity contribution is 6.04. The van der Waals surface area contributed by atoms with E-state index in [0.29, 0.717) is 121 Å². The summed E-state index contributed by atoms with van der Waals surface area (Å²) in [5.74, 6) is -6.47. The quantitative estimate of drug-likeness (QED) is 0.0245. The smallest absolute Gasteiger partial charge is 0.417 e. The van der Waals surface area contributed by atoms with Crippen molar-refractivity contribution in [3.63, 3.8) is 0 Å². The Morgan fingerprint density at radius 2 is 0.890 bits per heavy atom. The molecule has 5 aliphatic rings. The van der Waals surface area contributed by atoms with E-state index in [-0.39, 0.29) is 120 Å². The molecule has 4 N–H and O–H groups in total. The highest BCUT2D eigenvalue weighted by Gasteiger charge is 2.41. The number of piperidine rings is 3. The highest BCUT2D eigenvalue weighted by atomic mass is 19.2. The first-order valence-electron chi connectivity index (χ1n) is 44.4. The number of carbonyl (C=O) groups excluding carboxylic acids is 9. The first kappa shape index (κ1) is 98.9. The number of hydrogen-bond acceptors (Lipinski definition) is 23. The van der Waals surface area contributed by atoms with Crippen LogP contribution in [0.2, 0.25) is 0 Å². The number of hydrogen-bond donors (Lipinski definition) is 3. The predicted molar refractivity (Wildman–Crippen MR) is 489 cm³/mol. The second-order valence-electron chi connectivity index (χ2n) is 34.8. The first-order chi connectivity index (χ1) is 65.1. The number of benzene rings is 8. The van der Waals surface area contributed by atoms with E-state index in [2.05, 4.69) is 40.5 Å². The van der Waals surface area contributed by atoms with Crippen LogP contribution in [0.1, 0.15) is 219 Å². The summed E-state index contributed by atoms with van der Waals surface area (Å²) in [7, 11) is 6.35. The van der Waals surface area contributed by atoms with E-state index in [1.165, 1.54) is 23.1 Å². The Kier molecular flexibility index (Phi) is 31.7. The molecule has 3 saturated heterocycles. The standard InChI is InChI=1S/C39H39F2N3O6.C31H31F2N3O6.C24H20F2N4O2.C9H13NO2/c1-39(2,3)50-38(47)44-17-7-8-27(37(44)46)23-13-11-22(12-14-23)18-30-34-31(43-36(42-30)33-28(40)9-6-10-29(33)41)20-25(35(34)45)19-24-15-16-26(48-4)21-32(24)49-5;1-5-41-29(39)26-23(34-27(35-24(26)17-37)25-21(32)9-6-10-22(25)33)16-18-11-13-19(14-12-18)20-8-7-15-36(28(20)38)30(40)42-31(2,3)4;25-16-4-1-5-17(26)20(16)22-29-18(21-19(30-22)12-28-24(21)32)11-13-6-8-14(9-7-13)15-3-2-10-27-23(15)31;1-11-8-4-3-7(6-10)9(5-8)12-2/h6,9-16,21,25,27H,7-8,17-20H2,1-5H3;6,9-14,17,20H,5,7-8,15-16H2,1-4H3;1,4-9,15H,2-3,10-12H2,(H,27,31)(H,28,32);3-5H,6,10H2,1-2H3. The number of rotatable bonds is 22. The molecule has 3 fully saturated rings. The number of halogens is 6. The lowest BCUT2D eigenvalue weighted by Crippen LogP contribution is -2.46. The third kappa shape index (κ3) is 23.2. The largest absolute Gasteiger partial charge is 0.497 e. The second-order valence-corrected chi connectivity index (χ2v) is 34.8. The number of ketones is 1. The maximum atomic E-state index is 15.0. The van der Waals surface area contributed by atoms with Crippen LogP contribution < -0.4 is 35.3 Å². The fourth-order valence-corrected chi connectivity index (χ4v) is 16.7. The number of aldehydes is 1. The molecular weight excluding hydrogens is 1760 g/mol. The molecule has 4 unspecified atom stereocenters. The molecule has 8 aromatic carbocycles. The van der Waals surface area contributed by atoms with Crippen molar-refractivity contribution in [1.82, 2.24) is 50.3 Å². The number of amides is 6. The summed E-state index contributed by atoms with van der Waals surface area (Å²) >= 11 is 0. The Bertz CT molecular complexity index is 6290. The topological polar surface area (TPSA) is 352 Å². The van der Waals surface area contributed by atoms with Gasteiger partial charge in [0.1, 0.15) is 80.4 Å². The molecule has 6 amide bonds. The average Bonchev–Trinajstić information content (AvgIpc) is 1.14. The third-order valence-electron chi connectivity index (χ3n) is 23.3. The minimum absolute atomic E-state index is 0.0104. The molecule has 7 heterocycles.